The number of carbonyl (C=O) groups excluding carboxylic acids is 1. The molecule has 152 valence electrons. The van der Waals surface area contributed by atoms with E-state index in [1.165, 1.54) is 6.07 Å². The Kier molecular flexibility index (Phi) is 5.31. The summed E-state index contributed by atoms with van der Waals surface area (Å²) in [7, 11) is 0. The van der Waals surface area contributed by atoms with E-state index >= 15 is 0 Å². The summed E-state index contributed by atoms with van der Waals surface area (Å²) in [6.07, 6.45) is -8.40. The van der Waals surface area contributed by atoms with Crippen LogP contribution in [0, 0.1) is 0 Å². The molecule has 0 aliphatic rings. The first-order valence-corrected chi connectivity index (χ1v) is 8.14. The van der Waals surface area contributed by atoms with Crippen LogP contribution in [0.25, 0.3) is 11.5 Å². The minimum Gasteiger partial charge on any atom is -0.444 e. The number of nitrogens with zero attached hydrogens (tertiary/aromatic N) is 1. The molecule has 0 bridgehead atoms. The first-order chi connectivity index (χ1) is 13.4. The highest BCUT2D eigenvalue weighted by Gasteiger charge is 2.34. The van der Waals surface area contributed by atoms with Crippen LogP contribution in [-0.4, -0.2) is 10.9 Å². The zero-order valence-corrected chi connectivity index (χ0v) is 14.8. The molecule has 0 radical (unpaired) electrons. The van der Waals surface area contributed by atoms with Crippen molar-refractivity contribution in [3.63, 3.8) is 0 Å². The molecule has 0 atom stereocenters. The number of hydrogen-bond donors (Lipinski definition) is 1. The van der Waals surface area contributed by atoms with E-state index in [1.807, 2.05) is 0 Å². The summed E-state index contributed by atoms with van der Waals surface area (Å²) >= 11 is 5.58. The highest BCUT2D eigenvalue weighted by atomic mass is 35.5. The van der Waals surface area contributed by atoms with Gasteiger partial charge in [-0.1, -0.05) is 11.6 Å². The molecule has 0 aliphatic carbocycles. The summed E-state index contributed by atoms with van der Waals surface area (Å²) in [5.41, 5.74) is -2.77. The maximum absolute atomic E-state index is 13.1. The van der Waals surface area contributed by atoms with Gasteiger partial charge in [0.2, 0.25) is 5.89 Å². The zero-order chi connectivity index (χ0) is 21.4. The average Bonchev–Trinajstić information content (AvgIpc) is 3.12. The van der Waals surface area contributed by atoms with E-state index in [9.17, 15) is 31.1 Å². The minimum absolute atomic E-state index is 0.152. The van der Waals surface area contributed by atoms with Crippen LogP contribution in [0.15, 0.2) is 53.1 Å². The van der Waals surface area contributed by atoms with E-state index in [0.717, 1.165) is 36.6 Å². The Bertz CT molecular complexity index is 1040. The van der Waals surface area contributed by atoms with Crippen LogP contribution in [0.4, 0.5) is 32.0 Å². The van der Waals surface area contributed by atoms with E-state index in [2.05, 4.69) is 10.3 Å². The average molecular weight is 435 g/mol. The second kappa shape index (κ2) is 7.43. The Labute approximate surface area is 164 Å². The van der Waals surface area contributed by atoms with E-state index < -0.39 is 35.1 Å². The maximum Gasteiger partial charge on any atom is 0.418 e. The number of benzene rings is 2. The Balaban J connectivity index is 1.82. The van der Waals surface area contributed by atoms with Crippen LogP contribution in [0.2, 0.25) is 5.02 Å². The number of aromatic nitrogens is 1. The predicted molar refractivity (Wildman–Crippen MR) is 91.3 cm³/mol. The second-order valence-electron chi connectivity index (χ2n) is 5.75. The van der Waals surface area contributed by atoms with Crippen molar-refractivity contribution < 1.29 is 35.6 Å². The molecular formula is C18H9ClF6N2O2. The standard InChI is InChI=1S/C18H9ClF6N2O2/c19-11-5-6-13(12(7-11)18(23,24)25)26-15(28)14-8-29-16(27-14)9-1-3-10(4-2-9)17(20,21)22/h1-8H,(H,26,28). The lowest BCUT2D eigenvalue weighted by atomic mass is 10.1. The molecule has 4 nitrogen and oxygen atoms in total. The molecular weight excluding hydrogens is 426 g/mol. The number of rotatable bonds is 3. The van der Waals surface area contributed by atoms with Gasteiger partial charge < -0.3 is 9.73 Å². The molecule has 3 rings (SSSR count). The molecule has 2 aromatic carbocycles. The van der Waals surface area contributed by atoms with Crippen molar-refractivity contribution in [2.45, 2.75) is 12.4 Å². The normalized spacial score (nSPS) is 12.1. The molecule has 0 saturated carbocycles. The van der Waals surface area contributed by atoms with Crippen LogP contribution in [0.1, 0.15) is 21.6 Å². The van der Waals surface area contributed by atoms with Gasteiger partial charge in [0.15, 0.2) is 5.69 Å². The maximum atomic E-state index is 13.1. The van der Waals surface area contributed by atoms with E-state index in [0.29, 0.717) is 6.07 Å². The summed E-state index contributed by atoms with van der Waals surface area (Å²) in [4.78, 5) is 16.0. The molecule has 0 saturated heterocycles. The molecule has 1 amide bonds. The summed E-state index contributed by atoms with van der Waals surface area (Å²) in [5.74, 6) is -1.17. The largest absolute Gasteiger partial charge is 0.444 e. The SMILES string of the molecule is O=C(Nc1ccc(Cl)cc1C(F)(F)F)c1coc(-c2ccc(C(F)(F)F)cc2)n1. The number of hydrogen-bond acceptors (Lipinski definition) is 3. The highest BCUT2D eigenvalue weighted by molar-refractivity contribution is 6.30. The van der Waals surface area contributed by atoms with Crippen LogP contribution in [-0.2, 0) is 12.4 Å². The quantitative estimate of drug-likeness (QED) is 0.493. The lowest BCUT2D eigenvalue weighted by Crippen LogP contribution is -2.17. The molecule has 1 N–H and O–H groups in total. The van der Waals surface area contributed by atoms with Crippen LogP contribution in [0.5, 0.6) is 0 Å². The first-order valence-electron chi connectivity index (χ1n) is 7.76. The third kappa shape index (κ3) is 4.70. The van der Waals surface area contributed by atoms with Crippen molar-refractivity contribution in [2.24, 2.45) is 0 Å². The number of alkyl halides is 6. The number of anilines is 1. The van der Waals surface area contributed by atoms with Crippen molar-refractivity contribution in [2.75, 3.05) is 5.32 Å². The molecule has 0 fully saturated rings. The lowest BCUT2D eigenvalue weighted by molar-refractivity contribution is -0.138. The first kappa shape index (κ1) is 20.7. The van der Waals surface area contributed by atoms with Gasteiger partial charge in [0.1, 0.15) is 6.26 Å². The van der Waals surface area contributed by atoms with Crippen molar-refractivity contribution >= 4 is 23.2 Å². The topological polar surface area (TPSA) is 55.1 Å². The molecule has 1 heterocycles. The van der Waals surface area contributed by atoms with Gasteiger partial charge in [0.25, 0.3) is 5.91 Å². The Morgan fingerprint density at radius 2 is 1.62 bits per heavy atom. The summed E-state index contributed by atoms with van der Waals surface area (Å²) in [5, 5.41) is 1.90. The van der Waals surface area contributed by atoms with Gasteiger partial charge in [-0.25, -0.2) is 4.98 Å². The van der Waals surface area contributed by atoms with Crippen LogP contribution in [0.3, 0.4) is 0 Å². The molecule has 1 aromatic heterocycles. The minimum atomic E-state index is -4.76. The van der Waals surface area contributed by atoms with Gasteiger partial charge >= 0.3 is 12.4 Å². The van der Waals surface area contributed by atoms with Crippen molar-refractivity contribution in [3.8, 4) is 11.5 Å². The van der Waals surface area contributed by atoms with Crippen molar-refractivity contribution in [3.05, 3.63) is 70.6 Å². The van der Waals surface area contributed by atoms with Gasteiger partial charge in [-0.05, 0) is 42.5 Å². The number of nitrogens with one attached hydrogen (secondary N) is 1. The number of amides is 1. The molecule has 0 spiro atoms. The van der Waals surface area contributed by atoms with E-state index in [1.54, 1.807) is 0 Å². The summed E-state index contributed by atoms with van der Waals surface area (Å²) in [6, 6.07) is 6.62. The van der Waals surface area contributed by atoms with Crippen molar-refractivity contribution in [1.29, 1.82) is 0 Å². The van der Waals surface area contributed by atoms with Crippen LogP contribution < -0.4 is 5.32 Å². The fourth-order valence-corrected chi connectivity index (χ4v) is 2.53. The fourth-order valence-electron chi connectivity index (χ4n) is 2.36. The molecule has 29 heavy (non-hydrogen) atoms. The summed E-state index contributed by atoms with van der Waals surface area (Å²) in [6.45, 7) is 0. The monoisotopic (exact) mass is 434 g/mol. The molecule has 11 heteroatoms. The van der Waals surface area contributed by atoms with Gasteiger partial charge in [0, 0.05) is 10.6 Å². The fraction of sp³-hybridized carbons (Fsp3) is 0.111. The van der Waals surface area contributed by atoms with Crippen molar-refractivity contribution in [1.82, 2.24) is 4.98 Å². The third-order valence-electron chi connectivity index (χ3n) is 3.73. The predicted octanol–water partition coefficient (Wildman–Crippen LogP) is 6.28. The zero-order valence-electron chi connectivity index (χ0n) is 14.0. The smallest absolute Gasteiger partial charge is 0.418 e. The highest BCUT2D eigenvalue weighted by Crippen LogP contribution is 2.37. The number of oxazole rings is 1. The van der Waals surface area contributed by atoms with Crippen LogP contribution >= 0.6 is 11.6 Å². The lowest BCUT2D eigenvalue weighted by Gasteiger charge is -2.13. The second-order valence-corrected chi connectivity index (χ2v) is 6.19. The Morgan fingerprint density at radius 1 is 0.966 bits per heavy atom. The number of carbonyl (C=O) groups is 1. The number of halogens is 7. The third-order valence-corrected chi connectivity index (χ3v) is 3.97. The molecule has 3 aromatic rings. The van der Waals surface area contributed by atoms with Gasteiger partial charge in [-0.2, -0.15) is 26.3 Å². The van der Waals surface area contributed by atoms with Gasteiger partial charge in [-0.15, -0.1) is 0 Å². The Morgan fingerprint density at radius 3 is 2.21 bits per heavy atom. The van der Waals surface area contributed by atoms with E-state index in [4.69, 9.17) is 16.0 Å². The Hall–Kier alpha value is -3.01. The van der Waals surface area contributed by atoms with Gasteiger partial charge in [-0.3, -0.25) is 4.79 Å². The van der Waals surface area contributed by atoms with E-state index in [-0.39, 0.29) is 22.2 Å². The molecule has 0 unspecified atom stereocenters. The van der Waals surface area contributed by atoms with Gasteiger partial charge in [0.05, 0.1) is 16.8 Å². The summed E-state index contributed by atoms with van der Waals surface area (Å²) < 4.78 is 82.2. The molecule has 0 aliphatic heterocycles.